The third-order valence-electron chi connectivity index (χ3n) is 10.0. The summed E-state index contributed by atoms with van der Waals surface area (Å²) in [7, 11) is 0. The van der Waals surface area contributed by atoms with E-state index in [9.17, 15) is 4.79 Å². The van der Waals surface area contributed by atoms with Crippen LogP contribution >= 0.6 is 0 Å². The van der Waals surface area contributed by atoms with Gasteiger partial charge in [0.25, 0.3) is 0 Å². The van der Waals surface area contributed by atoms with Gasteiger partial charge < -0.3 is 0 Å². The number of rotatable bonds is 5. The zero-order valence-electron chi connectivity index (χ0n) is 19.9. The number of allylic oxidation sites excluding steroid dienone is 4. The quantitative estimate of drug-likeness (QED) is 0.464. The molecule has 7 atom stereocenters. The molecule has 4 aliphatic carbocycles. The van der Waals surface area contributed by atoms with Crippen molar-refractivity contribution in [2.24, 2.45) is 46.3 Å². The van der Waals surface area contributed by atoms with Gasteiger partial charge in [0.05, 0.1) is 0 Å². The topological polar surface area (TPSA) is 17.1 Å². The summed E-state index contributed by atoms with van der Waals surface area (Å²) < 4.78 is 0. The molecule has 0 heterocycles. The number of hydrogen-bond donors (Lipinski definition) is 0. The van der Waals surface area contributed by atoms with Gasteiger partial charge in [0.15, 0.2) is 5.78 Å². The van der Waals surface area contributed by atoms with E-state index in [1.807, 2.05) is 6.08 Å². The van der Waals surface area contributed by atoms with Crippen LogP contribution in [0.5, 0.6) is 0 Å². The van der Waals surface area contributed by atoms with Gasteiger partial charge in [0, 0.05) is 6.42 Å². The summed E-state index contributed by atoms with van der Waals surface area (Å²) in [6.07, 6.45) is 16.3. The minimum Gasteiger partial charge on any atom is -0.295 e. The predicted octanol–water partition coefficient (Wildman–Crippen LogP) is 7.76. The molecule has 0 radical (unpaired) electrons. The highest BCUT2D eigenvalue weighted by Crippen LogP contribution is 2.67. The molecule has 29 heavy (non-hydrogen) atoms. The fraction of sp³-hybridized carbons (Fsp3) is 0.821. The Morgan fingerprint density at radius 2 is 1.79 bits per heavy atom. The van der Waals surface area contributed by atoms with Crippen LogP contribution in [0.25, 0.3) is 0 Å². The standard InChI is InChI=1S/C28H44O/c1-18(2)8-7-9-19(3)23-10-11-24-22-16-20(4)26-17-21(29)12-14-28(26,6)25(22)13-15-27(23,24)5/h16-19,22-25H,7-15H2,1-6H3/t19-,22+,23-,24+,25+,27-,28-/m1/s1. The van der Waals surface area contributed by atoms with E-state index in [0.29, 0.717) is 11.2 Å². The molecule has 0 aromatic carbocycles. The van der Waals surface area contributed by atoms with Gasteiger partial charge in [-0.15, -0.1) is 0 Å². The van der Waals surface area contributed by atoms with Crippen LogP contribution in [0.15, 0.2) is 23.3 Å². The maximum Gasteiger partial charge on any atom is 0.156 e. The van der Waals surface area contributed by atoms with Crippen LogP contribution in [0.4, 0.5) is 0 Å². The molecule has 1 nitrogen and oxygen atoms in total. The van der Waals surface area contributed by atoms with Crippen molar-refractivity contribution in [3.8, 4) is 0 Å². The smallest absolute Gasteiger partial charge is 0.156 e. The van der Waals surface area contributed by atoms with Crippen molar-refractivity contribution in [2.75, 3.05) is 0 Å². The predicted molar refractivity (Wildman–Crippen MR) is 123 cm³/mol. The van der Waals surface area contributed by atoms with Crippen molar-refractivity contribution in [1.82, 2.24) is 0 Å². The van der Waals surface area contributed by atoms with E-state index < -0.39 is 0 Å². The SMILES string of the molecule is CC1=C[C@H]2[C@@H]3CC[C@H]([C@H](C)CCCC(C)C)[C@@]3(C)CC[C@@H]2[C@@]2(C)CCC(=O)C=C12. The van der Waals surface area contributed by atoms with E-state index in [1.54, 1.807) is 0 Å². The summed E-state index contributed by atoms with van der Waals surface area (Å²) in [6, 6.07) is 0. The highest BCUT2D eigenvalue weighted by atomic mass is 16.1. The molecule has 0 N–H and O–H groups in total. The summed E-state index contributed by atoms with van der Waals surface area (Å²) >= 11 is 0. The Hall–Kier alpha value is -0.850. The number of carbonyl (C=O) groups is 1. The number of ketones is 1. The lowest BCUT2D eigenvalue weighted by Crippen LogP contribution is -2.50. The average molecular weight is 397 g/mol. The van der Waals surface area contributed by atoms with E-state index in [-0.39, 0.29) is 5.41 Å². The van der Waals surface area contributed by atoms with E-state index in [0.717, 1.165) is 48.3 Å². The first-order chi connectivity index (χ1) is 13.7. The van der Waals surface area contributed by atoms with Gasteiger partial charge >= 0.3 is 0 Å². The van der Waals surface area contributed by atoms with E-state index in [2.05, 4.69) is 47.6 Å². The van der Waals surface area contributed by atoms with Crippen LogP contribution < -0.4 is 0 Å². The first-order valence-electron chi connectivity index (χ1n) is 12.6. The highest BCUT2D eigenvalue weighted by molar-refractivity contribution is 5.92. The first-order valence-corrected chi connectivity index (χ1v) is 12.6. The third-order valence-corrected chi connectivity index (χ3v) is 10.0. The van der Waals surface area contributed by atoms with Crippen LogP contribution in [0, 0.1) is 46.3 Å². The van der Waals surface area contributed by atoms with E-state index >= 15 is 0 Å². The lowest BCUT2D eigenvalue weighted by Gasteiger charge is -2.57. The van der Waals surface area contributed by atoms with Crippen LogP contribution in [-0.2, 0) is 4.79 Å². The maximum absolute atomic E-state index is 12.1. The molecule has 1 heteroatoms. The van der Waals surface area contributed by atoms with Gasteiger partial charge in [0.1, 0.15) is 0 Å². The fourth-order valence-corrected chi connectivity index (χ4v) is 8.44. The van der Waals surface area contributed by atoms with Crippen molar-refractivity contribution in [1.29, 1.82) is 0 Å². The molecule has 0 spiro atoms. The molecule has 0 saturated heterocycles. The molecule has 0 bridgehead atoms. The van der Waals surface area contributed by atoms with Gasteiger partial charge in [-0.1, -0.05) is 65.5 Å². The fourth-order valence-electron chi connectivity index (χ4n) is 8.44. The number of hydrogen-bond acceptors (Lipinski definition) is 1. The molecule has 0 amide bonds. The van der Waals surface area contributed by atoms with E-state index in [4.69, 9.17) is 0 Å². The molecule has 0 unspecified atom stereocenters. The highest BCUT2D eigenvalue weighted by Gasteiger charge is 2.59. The Bertz CT molecular complexity index is 712. The Labute approximate surface area is 179 Å². The Kier molecular flexibility index (Phi) is 5.67. The molecule has 2 saturated carbocycles. The van der Waals surface area contributed by atoms with Gasteiger partial charge in [-0.3, -0.25) is 4.79 Å². The number of carbonyl (C=O) groups excluding carboxylic acids is 1. The van der Waals surface area contributed by atoms with E-state index in [1.165, 1.54) is 56.1 Å². The zero-order chi connectivity index (χ0) is 21.0. The molecular formula is C28H44O. The molecule has 0 aromatic rings. The second kappa shape index (κ2) is 7.69. The van der Waals surface area contributed by atoms with Crippen LogP contribution in [0.1, 0.15) is 99.3 Å². The maximum atomic E-state index is 12.1. The Balaban J connectivity index is 1.57. The van der Waals surface area contributed by atoms with Crippen molar-refractivity contribution >= 4 is 5.78 Å². The normalized spacial score (nSPS) is 42.7. The molecule has 4 aliphatic rings. The summed E-state index contributed by atoms with van der Waals surface area (Å²) in [5, 5.41) is 0. The first kappa shape index (κ1) is 21.4. The lowest BCUT2D eigenvalue weighted by molar-refractivity contribution is -0.116. The molecular weight excluding hydrogens is 352 g/mol. The second-order valence-electron chi connectivity index (χ2n) is 12.1. The monoisotopic (exact) mass is 396 g/mol. The lowest BCUT2D eigenvalue weighted by atomic mass is 9.47. The summed E-state index contributed by atoms with van der Waals surface area (Å²) in [5.74, 6) is 5.30. The van der Waals surface area contributed by atoms with Gasteiger partial charge in [-0.25, -0.2) is 0 Å². The van der Waals surface area contributed by atoms with Crippen LogP contribution in [-0.4, -0.2) is 5.78 Å². The van der Waals surface area contributed by atoms with Crippen molar-refractivity contribution in [2.45, 2.75) is 99.3 Å². The molecule has 2 fully saturated rings. The molecule has 0 aliphatic heterocycles. The van der Waals surface area contributed by atoms with Crippen molar-refractivity contribution in [3.05, 3.63) is 23.3 Å². The largest absolute Gasteiger partial charge is 0.295 e. The van der Waals surface area contributed by atoms with Crippen molar-refractivity contribution < 1.29 is 4.79 Å². The minimum atomic E-state index is 0.236. The Morgan fingerprint density at radius 3 is 2.52 bits per heavy atom. The number of fused-ring (bicyclic) bond motifs is 5. The van der Waals surface area contributed by atoms with Crippen molar-refractivity contribution in [3.63, 3.8) is 0 Å². The minimum absolute atomic E-state index is 0.236. The zero-order valence-corrected chi connectivity index (χ0v) is 19.9. The molecule has 0 aromatic heterocycles. The summed E-state index contributed by atoms with van der Waals surface area (Å²) in [6.45, 7) is 14.7. The second-order valence-corrected chi connectivity index (χ2v) is 12.1. The summed E-state index contributed by atoms with van der Waals surface area (Å²) in [5.41, 5.74) is 3.56. The summed E-state index contributed by atoms with van der Waals surface area (Å²) in [4.78, 5) is 12.1. The van der Waals surface area contributed by atoms with Gasteiger partial charge in [-0.05, 0) is 97.0 Å². The van der Waals surface area contributed by atoms with Crippen LogP contribution in [0.2, 0.25) is 0 Å². The Morgan fingerprint density at radius 1 is 1.03 bits per heavy atom. The van der Waals surface area contributed by atoms with Gasteiger partial charge in [0.2, 0.25) is 0 Å². The van der Waals surface area contributed by atoms with Crippen LogP contribution in [0.3, 0.4) is 0 Å². The molecule has 162 valence electrons. The molecule has 4 rings (SSSR count). The van der Waals surface area contributed by atoms with Gasteiger partial charge in [-0.2, -0.15) is 0 Å². The average Bonchev–Trinajstić information content (AvgIpc) is 3.00. The third kappa shape index (κ3) is 3.49.